The van der Waals surface area contributed by atoms with Crippen molar-refractivity contribution < 1.29 is 17.6 Å². The molecule has 1 aliphatic carbocycles. The first kappa shape index (κ1) is 19.0. The zero-order chi connectivity index (χ0) is 20.1. The number of amides is 1. The van der Waals surface area contributed by atoms with Crippen LogP contribution in [0.1, 0.15) is 23.2 Å². The summed E-state index contributed by atoms with van der Waals surface area (Å²) in [5, 5.41) is 0. The topological polar surface area (TPSA) is 71.7 Å². The number of rotatable bonds is 4. The van der Waals surface area contributed by atoms with Crippen molar-refractivity contribution in [3.05, 3.63) is 58.6 Å². The number of thiazole rings is 1. The molecule has 0 spiro atoms. The molecule has 3 aromatic rings. The van der Waals surface area contributed by atoms with Gasteiger partial charge in [0.2, 0.25) is 10.0 Å². The molecule has 0 atom stereocenters. The van der Waals surface area contributed by atoms with Gasteiger partial charge in [-0.25, -0.2) is 12.8 Å². The summed E-state index contributed by atoms with van der Waals surface area (Å²) < 4.78 is 42.3. The lowest BCUT2D eigenvalue weighted by Gasteiger charge is -2.16. The van der Waals surface area contributed by atoms with Gasteiger partial charge in [-0.3, -0.25) is 4.79 Å². The van der Waals surface area contributed by atoms with E-state index >= 15 is 0 Å². The summed E-state index contributed by atoms with van der Waals surface area (Å²) in [4.78, 5) is 17.2. The van der Waals surface area contributed by atoms with Crippen LogP contribution in [-0.2, 0) is 17.1 Å². The molecular formula is C19H18FN3O3S2. The highest BCUT2D eigenvalue weighted by Crippen LogP contribution is 2.30. The predicted molar refractivity (Wildman–Crippen MR) is 105 cm³/mol. The molecule has 1 amide bonds. The highest BCUT2D eigenvalue weighted by atomic mass is 32.2. The van der Waals surface area contributed by atoms with E-state index in [4.69, 9.17) is 0 Å². The zero-order valence-corrected chi connectivity index (χ0v) is 16.9. The van der Waals surface area contributed by atoms with Crippen LogP contribution >= 0.6 is 11.3 Å². The number of sulfonamides is 1. The lowest BCUT2D eigenvalue weighted by Crippen LogP contribution is -2.28. The van der Waals surface area contributed by atoms with Crippen LogP contribution in [-0.4, -0.2) is 36.3 Å². The second kappa shape index (κ2) is 6.91. The smallest absolute Gasteiger partial charge is 0.279 e. The summed E-state index contributed by atoms with van der Waals surface area (Å²) >= 11 is 1.22. The Hall–Kier alpha value is -2.36. The van der Waals surface area contributed by atoms with E-state index in [2.05, 4.69) is 4.99 Å². The number of carbonyl (C=O) groups excluding carboxylic acids is 1. The molecule has 0 N–H and O–H groups in total. The maximum Gasteiger partial charge on any atom is 0.279 e. The molecular weight excluding hydrogens is 401 g/mol. The third-order valence-corrected chi connectivity index (χ3v) is 7.83. The summed E-state index contributed by atoms with van der Waals surface area (Å²) in [6, 6.07) is 10.3. The standard InChI is InChI=1S/C19H18FN3O3S2/c1-22-16-10-5-13(20)11-17(16)27-19(22)21-18(24)12-3-8-15(9-4-12)28(25,26)23(2)14-6-7-14/h3-5,8-11,14H,6-7H2,1-2H3. The Morgan fingerprint density at radius 2 is 1.89 bits per heavy atom. The van der Waals surface area contributed by atoms with Crippen LogP contribution in [0.3, 0.4) is 0 Å². The first-order chi connectivity index (χ1) is 13.3. The third kappa shape index (κ3) is 3.41. The molecule has 0 unspecified atom stereocenters. The Bertz CT molecular complexity index is 1240. The van der Waals surface area contributed by atoms with Crippen LogP contribution in [0.15, 0.2) is 52.4 Å². The molecule has 1 aliphatic rings. The number of benzene rings is 2. The van der Waals surface area contributed by atoms with Gasteiger partial charge in [0.05, 0.1) is 15.1 Å². The second-order valence-corrected chi connectivity index (χ2v) is 9.76. The minimum Gasteiger partial charge on any atom is -0.319 e. The molecule has 1 saturated carbocycles. The number of fused-ring (bicyclic) bond motifs is 1. The monoisotopic (exact) mass is 419 g/mol. The van der Waals surface area contributed by atoms with Crippen LogP contribution in [0.4, 0.5) is 4.39 Å². The highest BCUT2D eigenvalue weighted by Gasteiger charge is 2.34. The minimum atomic E-state index is -3.55. The van der Waals surface area contributed by atoms with E-state index in [9.17, 15) is 17.6 Å². The fourth-order valence-corrected chi connectivity index (χ4v) is 5.39. The van der Waals surface area contributed by atoms with Crippen molar-refractivity contribution >= 4 is 37.5 Å². The van der Waals surface area contributed by atoms with Crippen molar-refractivity contribution in [3.8, 4) is 0 Å². The van der Waals surface area contributed by atoms with Crippen LogP contribution < -0.4 is 4.80 Å². The van der Waals surface area contributed by atoms with E-state index in [1.165, 1.54) is 52.0 Å². The Morgan fingerprint density at radius 1 is 1.21 bits per heavy atom. The van der Waals surface area contributed by atoms with E-state index in [0.29, 0.717) is 9.50 Å². The van der Waals surface area contributed by atoms with Gasteiger partial charge >= 0.3 is 0 Å². The van der Waals surface area contributed by atoms with Crippen molar-refractivity contribution in [1.29, 1.82) is 0 Å². The maximum absolute atomic E-state index is 13.4. The molecule has 0 radical (unpaired) electrons. The highest BCUT2D eigenvalue weighted by molar-refractivity contribution is 7.89. The van der Waals surface area contributed by atoms with E-state index in [1.54, 1.807) is 24.7 Å². The van der Waals surface area contributed by atoms with Crippen molar-refractivity contribution in [2.75, 3.05) is 7.05 Å². The van der Waals surface area contributed by atoms with Crippen LogP contribution in [0.2, 0.25) is 0 Å². The lowest BCUT2D eigenvalue weighted by molar-refractivity contribution is 0.0998. The molecule has 9 heteroatoms. The number of hydrogen-bond donors (Lipinski definition) is 0. The normalized spacial score (nSPS) is 15.5. The first-order valence-corrected chi connectivity index (χ1v) is 11.0. The van der Waals surface area contributed by atoms with Crippen molar-refractivity contribution in [2.24, 2.45) is 12.0 Å². The summed E-state index contributed by atoms with van der Waals surface area (Å²) in [6.45, 7) is 0. The van der Waals surface area contributed by atoms with Crippen molar-refractivity contribution in [3.63, 3.8) is 0 Å². The summed E-state index contributed by atoms with van der Waals surface area (Å²) in [5.74, 6) is -0.831. The fraction of sp³-hybridized carbons (Fsp3) is 0.263. The van der Waals surface area contributed by atoms with E-state index in [-0.39, 0.29) is 22.3 Å². The van der Waals surface area contributed by atoms with Gasteiger partial charge in [0, 0.05) is 25.7 Å². The van der Waals surface area contributed by atoms with E-state index < -0.39 is 15.9 Å². The second-order valence-electron chi connectivity index (χ2n) is 6.75. The molecule has 6 nitrogen and oxygen atoms in total. The Balaban J connectivity index is 1.64. The summed E-state index contributed by atoms with van der Waals surface area (Å²) in [7, 11) is -0.220. The third-order valence-electron chi connectivity index (χ3n) is 4.81. The first-order valence-electron chi connectivity index (χ1n) is 8.69. The quantitative estimate of drug-likeness (QED) is 0.653. The average Bonchev–Trinajstić information content (AvgIpc) is 3.47. The van der Waals surface area contributed by atoms with Gasteiger partial charge in [0.25, 0.3) is 5.91 Å². The SMILES string of the molecule is CN(C1CC1)S(=O)(=O)c1ccc(C(=O)N=c2sc3cc(F)ccc3n2C)cc1. The number of nitrogens with zero attached hydrogens (tertiary/aromatic N) is 3. The van der Waals surface area contributed by atoms with Gasteiger partial charge in [-0.05, 0) is 55.3 Å². The van der Waals surface area contributed by atoms with Crippen molar-refractivity contribution in [2.45, 2.75) is 23.8 Å². The largest absolute Gasteiger partial charge is 0.319 e. The Labute approximate surface area is 165 Å². The molecule has 0 aliphatic heterocycles. The number of hydrogen-bond acceptors (Lipinski definition) is 4. The molecule has 28 heavy (non-hydrogen) atoms. The number of aromatic nitrogens is 1. The van der Waals surface area contributed by atoms with Gasteiger partial charge in [-0.1, -0.05) is 11.3 Å². The molecule has 0 saturated heterocycles. The van der Waals surface area contributed by atoms with Gasteiger partial charge < -0.3 is 4.57 Å². The molecule has 0 bridgehead atoms. The molecule has 146 valence electrons. The Kier molecular flexibility index (Phi) is 4.68. The Morgan fingerprint density at radius 3 is 2.54 bits per heavy atom. The fourth-order valence-electron chi connectivity index (χ4n) is 2.94. The predicted octanol–water partition coefficient (Wildman–Crippen LogP) is 2.90. The summed E-state index contributed by atoms with van der Waals surface area (Å²) in [6.07, 6.45) is 1.75. The van der Waals surface area contributed by atoms with Crippen LogP contribution in [0.25, 0.3) is 10.2 Å². The number of carbonyl (C=O) groups is 1. The van der Waals surface area contributed by atoms with E-state index in [0.717, 1.165) is 18.4 Å². The minimum absolute atomic E-state index is 0.0686. The van der Waals surface area contributed by atoms with Gasteiger partial charge in [-0.2, -0.15) is 9.30 Å². The van der Waals surface area contributed by atoms with Crippen molar-refractivity contribution in [1.82, 2.24) is 8.87 Å². The van der Waals surface area contributed by atoms with Crippen LogP contribution in [0, 0.1) is 5.82 Å². The van der Waals surface area contributed by atoms with E-state index in [1.807, 2.05) is 0 Å². The molecule has 1 aromatic heterocycles. The van der Waals surface area contributed by atoms with Gasteiger partial charge in [-0.15, -0.1) is 0 Å². The number of halogens is 1. The average molecular weight is 420 g/mol. The zero-order valence-electron chi connectivity index (χ0n) is 15.3. The molecule has 1 fully saturated rings. The molecule has 2 aromatic carbocycles. The lowest BCUT2D eigenvalue weighted by atomic mass is 10.2. The number of aryl methyl sites for hydroxylation is 1. The van der Waals surface area contributed by atoms with Gasteiger partial charge in [0.15, 0.2) is 4.80 Å². The molecule has 1 heterocycles. The maximum atomic E-state index is 13.4. The molecule has 4 rings (SSSR count). The van der Waals surface area contributed by atoms with Gasteiger partial charge in [0.1, 0.15) is 5.82 Å². The summed E-state index contributed by atoms with van der Waals surface area (Å²) in [5.41, 5.74) is 1.07. The van der Waals surface area contributed by atoms with Crippen LogP contribution in [0.5, 0.6) is 0 Å².